The molecule has 0 saturated carbocycles. The minimum absolute atomic E-state index is 0.0738. The topological polar surface area (TPSA) is 89.9 Å². The Morgan fingerprint density at radius 2 is 2.10 bits per heavy atom. The van der Waals surface area contributed by atoms with Crippen LogP contribution in [0.15, 0.2) is 12.2 Å². The maximum atomic E-state index is 11.7. The summed E-state index contributed by atoms with van der Waals surface area (Å²) in [6.45, 7) is 6.97. The molecule has 124 valence electrons. The number of rotatable bonds is 6. The highest BCUT2D eigenvalue weighted by Crippen LogP contribution is 2.40. The second-order valence-electron chi connectivity index (χ2n) is 5.21. The first-order valence-corrected chi connectivity index (χ1v) is 10.1. The monoisotopic (exact) mass is 320 g/mol. The van der Waals surface area contributed by atoms with E-state index < -0.39 is 18.9 Å². The molecule has 0 spiro atoms. The lowest BCUT2D eigenvalue weighted by molar-refractivity contribution is -0.171. The molecular formula is C14H29N2O4P. The standard InChI is InChI=1S/C12H23N2O4P.C2H6/c1-19(2,18)12(16)9-13-8-11(15)14(17)10-6-4-3-5-7-10;1-2/h4,6,10,12-13,16-17H,3,5,7-9H2,1-2H3;1-2H3. The molecule has 1 rings (SSSR count). The highest BCUT2D eigenvalue weighted by molar-refractivity contribution is 7.62. The van der Waals surface area contributed by atoms with E-state index in [4.69, 9.17) is 0 Å². The molecule has 0 aromatic heterocycles. The second kappa shape index (κ2) is 10.1. The average Bonchev–Trinajstić information content (AvgIpc) is 2.48. The van der Waals surface area contributed by atoms with Gasteiger partial charge in [0.05, 0.1) is 12.6 Å². The molecule has 3 N–H and O–H groups in total. The van der Waals surface area contributed by atoms with E-state index >= 15 is 0 Å². The fourth-order valence-electron chi connectivity index (χ4n) is 1.79. The van der Waals surface area contributed by atoms with Gasteiger partial charge in [0, 0.05) is 6.54 Å². The third-order valence-electron chi connectivity index (χ3n) is 3.12. The number of hydrogen-bond donors (Lipinski definition) is 3. The summed E-state index contributed by atoms with van der Waals surface area (Å²) in [5.41, 5.74) is 0. The van der Waals surface area contributed by atoms with Crippen molar-refractivity contribution in [1.29, 1.82) is 0 Å². The van der Waals surface area contributed by atoms with Crippen molar-refractivity contribution < 1.29 is 19.7 Å². The van der Waals surface area contributed by atoms with E-state index in [0.717, 1.165) is 24.3 Å². The number of nitrogens with one attached hydrogen (secondary N) is 1. The van der Waals surface area contributed by atoms with Crippen molar-refractivity contribution in [3.05, 3.63) is 12.2 Å². The number of amides is 1. The normalized spacial score (nSPS) is 19.4. The molecule has 1 amide bonds. The molecular weight excluding hydrogens is 291 g/mol. The van der Waals surface area contributed by atoms with Gasteiger partial charge in [-0.25, -0.2) is 5.06 Å². The Balaban J connectivity index is 0.00000191. The van der Waals surface area contributed by atoms with Crippen LogP contribution in [0.5, 0.6) is 0 Å². The van der Waals surface area contributed by atoms with Gasteiger partial charge in [-0.3, -0.25) is 10.0 Å². The van der Waals surface area contributed by atoms with Crippen LogP contribution in [0.2, 0.25) is 0 Å². The molecule has 0 saturated heterocycles. The third kappa shape index (κ3) is 7.77. The zero-order valence-electron chi connectivity index (χ0n) is 13.5. The van der Waals surface area contributed by atoms with Crippen molar-refractivity contribution in [2.75, 3.05) is 26.4 Å². The third-order valence-corrected chi connectivity index (χ3v) is 4.74. The number of carbonyl (C=O) groups is 1. The average molecular weight is 320 g/mol. The van der Waals surface area contributed by atoms with Gasteiger partial charge in [0.1, 0.15) is 13.0 Å². The molecule has 2 atom stereocenters. The molecule has 0 aromatic rings. The minimum Gasteiger partial charge on any atom is -0.384 e. The molecule has 1 aliphatic rings. The van der Waals surface area contributed by atoms with Crippen LogP contribution in [0, 0.1) is 0 Å². The molecule has 7 heteroatoms. The number of aliphatic hydroxyl groups is 1. The summed E-state index contributed by atoms with van der Waals surface area (Å²) in [5.74, 6) is -1.42. The van der Waals surface area contributed by atoms with E-state index in [2.05, 4.69) is 5.32 Å². The maximum Gasteiger partial charge on any atom is 0.260 e. The molecule has 2 unspecified atom stereocenters. The van der Waals surface area contributed by atoms with Gasteiger partial charge in [0.15, 0.2) is 0 Å². The Bertz CT molecular complexity index is 381. The van der Waals surface area contributed by atoms with Crippen LogP contribution in [-0.4, -0.2) is 59.6 Å². The second-order valence-corrected chi connectivity index (χ2v) is 8.67. The highest BCUT2D eigenvalue weighted by atomic mass is 31.2. The summed E-state index contributed by atoms with van der Waals surface area (Å²) in [4.78, 5) is 11.7. The zero-order valence-corrected chi connectivity index (χ0v) is 14.3. The molecule has 0 heterocycles. The number of hydroxylamine groups is 2. The number of aliphatic hydroxyl groups excluding tert-OH is 1. The van der Waals surface area contributed by atoms with Gasteiger partial charge in [0.25, 0.3) is 5.91 Å². The molecule has 0 bridgehead atoms. The lowest BCUT2D eigenvalue weighted by Crippen LogP contribution is -2.43. The van der Waals surface area contributed by atoms with Crippen molar-refractivity contribution in [3.63, 3.8) is 0 Å². The van der Waals surface area contributed by atoms with Crippen LogP contribution >= 0.6 is 7.14 Å². The van der Waals surface area contributed by atoms with E-state index in [1.54, 1.807) is 0 Å². The van der Waals surface area contributed by atoms with Crippen LogP contribution < -0.4 is 5.32 Å². The first-order valence-electron chi connectivity index (χ1n) is 7.43. The number of carbonyl (C=O) groups excluding carboxylic acids is 1. The van der Waals surface area contributed by atoms with Crippen LogP contribution in [0.3, 0.4) is 0 Å². The minimum atomic E-state index is -2.57. The smallest absolute Gasteiger partial charge is 0.260 e. The molecule has 21 heavy (non-hydrogen) atoms. The van der Waals surface area contributed by atoms with Gasteiger partial charge in [-0.15, -0.1) is 0 Å². The van der Waals surface area contributed by atoms with E-state index in [9.17, 15) is 19.7 Å². The summed E-state index contributed by atoms with van der Waals surface area (Å²) in [6.07, 6.45) is 6.45. The van der Waals surface area contributed by atoms with Crippen LogP contribution in [-0.2, 0) is 9.36 Å². The van der Waals surface area contributed by atoms with Gasteiger partial charge in [-0.1, -0.05) is 26.0 Å². The van der Waals surface area contributed by atoms with Gasteiger partial charge >= 0.3 is 0 Å². The summed E-state index contributed by atoms with van der Waals surface area (Å²) in [6, 6.07) is -0.267. The molecule has 6 nitrogen and oxygen atoms in total. The van der Waals surface area contributed by atoms with E-state index in [1.807, 2.05) is 26.0 Å². The molecule has 0 fully saturated rings. The molecule has 1 aliphatic carbocycles. The highest BCUT2D eigenvalue weighted by Gasteiger charge is 2.23. The summed E-state index contributed by atoms with van der Waals surface area (Å²) in [5, 5.41) is 22.7. The fraction of sp³-hybridized carbons (Fsp3) is 0.786. The number of nitrogens with zero attached hydrogens (tertiary/aromatic N) is 1. The fourth-order valence-corrected chi connectivity index (χ4v) is 2.36. The summed E-state index contributed by atoms with van der Waals surface area (Å²) < 4.78 is 11.5. The molecule has 0 aliphatic heterocycles. The van der Waals surface area contributed by atoms with Gasteiger partial charge in [0.2, 0.25) is 0 Å². The van der Waals surface area contributed by atoms with Crippen molar-refractivity contribution in [2.45, 2.75) is 45.0 Å². The Kier molecular flexibility index (Phi) is 9.79. The first-order chi connectivity index (χ1) is 9.82. The predicted molar refractivity (Wildman–Crippen MR) is 85.1 cm³/mol. The van der Waals surface area contributed by atoms with Crippen molar-refractivity contribution >= 4 is 13.0 Å². The zero-order chi connectivity index (χ0) is 16.5. The Morgan fingerprint density at radius 3 is 2.57 bits per heavy atom. The van der Waals surface area contributed by atoms with Crippen molar-refractivity contribution in [1.82, 2.24) is 10.4 Å². The summed E-state index contributed by atoms with van der Waals surface area (Å²) in [7, 11) is -2.57. The lowest BCUT2D eigenvalue weighted by atomic mass is 10.0. The predicted octanol–water partition coefficient (Wildman–Crippen LogP) is 1.87. The largest absolute Gasteiger partial charge is 0.384 e. The maximum absolute atomic E-state index is 11.7. The van der Waals surface area contributed by atoms with Crippen LogP contribution in [0.4, 0.5) is 0 Å². The summed E-state index contributed by atoms with van der Waals surface area (Å²) >= 11 is 0. The van der Waals surface area contributed by atoms with E-state index in [0.29, 0.717) is 0 Å². The SMILES string of the molecule is CC.CP(C)(=O)C(O)CNCC(=O)N(O)C1C=CCCC1. The van der Waals surface area contributed by atoms with E-state index in [-0.39, 0.29) is 19.1 Å². The van der Waals surface area contributed by atoms with Crippen LogP contribution in [0.1, 0.15) is 33.1 Å². The van der Waals surface area contributed by atoms with E-state index in [1.165, 1.54) is 13.3 Å². The quantitative estimate of drug-likeness (QED) is 0.301. The van der Waals surface area contributed by atoms with Gasteiger partial charge < -0.3 is 15.0 Å². The Labute approximate surface area is 127 Å². The molecule has 0 radical (unpaired) electrons. The van der Waals surface area contributed by atoms with Crippen LogP contribution in [0.25, 0.3) is 0 Å². The molecule has 0 aromatic carbocycles. The number of hydrogen-bond acceptors (Lipinski definition) is 5. The van der Waals surface area contributed by atoms with Crippen molar-refractivity contribution in [2.24, 2.45) is 0 Å². The lowest BCUT2D eigenvalue weighted by Gasteiger charge is -2.25. The van der Waals surface area contributed by atoms with Gasteiger partial charge in [-0.05, 0) is 32.6 Å². The Morgan fingerprint density at radius 1 is 1.48 bits per heavy atom. The van der Waals surface area contributed by atoms with Crippen molar-refractivity contribution in [3.8, 4) is 0 Å². The first kappa shape index (κ1) is 20.3. The van der Waals surface area contributed by atoms with Gasteiger partial charge in [-0.2, -0.15) is 0 Å². The Hall–Kier alpha value is -0.680. The number of allylic oxidation sites excluding steroid dienone is 1.